The van der Waals surface area contributed by atoms with E-state index in [9.17, 15) is 4.79 Å². The molecule has 0 saturated carbocycles. The van der Waals surface area contributed by atoms with Gasteiger partial charge in [-0.25, -0.2) is 0 Å². The first-order chi connectivity index (χ1) is 10.0. The number of halogens is 2. The third-order valence-electron chi connectivity index (χ3n) is 3.75. The highest BCUT2D eigenvalue weighted by Crippen LogP contribution is 2.32. The Bertz CT molecular complexity index is 510. The number of nitrogens with two attached hydrogens (primary N) is 1. The molecule has 21 heavy (non-hydrogen) atoms. The van der Waals surface area contributed by atoms with Gasteiger partial charge in [-0.2, -0.15) is 0 Å². The molecule has 1 aliphatic heterocycles. The second-order valence-electron chi connectivity index (χ2n) is 5.23. The number of rotatable bonds is 4. The average molecular weight is 331 g/mol. The first-order valence-electron chi connectivity index (χ1n) is 7.15. The van der Waals surface area contributed by atoms with E-state index in [-0.39, 0.29) is 11.9 Å². The number of likely N-dealkylation sites (tertiary alicyclic amines) is 1. The monoisotopic (exact) mass is 330 g/mol. The lowest BCUT2D eigenvalue weighted by molar-refractivity contribution is -0.141. The Hall–Kier alpha value is -0.970. The van der Waals surface area contributed by atoms with Crippen LogP contribution in [0.15, 0.2) is 18.2 Å². The molecule has 1 aromatic carbocycles. The van der Waals surface area contributed by atoms with Crippen LogP contribution in [-0.2, 0) is 4.79 Å². The molecule has 1 fully saturated rings. The number of carbonyl (C=O) groups is 1. The molecular formula is C15H20Cl2N2O2. The number of nitrogens with zero attached hydrogens (tertiary/aromatic N) is 1. The summed E-state index contributed by atoms with van der Waals surface area (Å²) < 4.78 is 5.69. The molecule has 1 saturated heterocycles. The summed E-state index contributed by atoms with van der Waals surface area (Å²) in [5.41, 5.74) is 5.75. The molecule has 4 nitrogen and oxygen atoms in total. The quantitative estimate of drug-likeness (QED) is 0.922. The van der Waals surface area contributed by atoms with Crippen molar-refractivity contribution in [3.63, 3.8) is 0 Å². The van der Waals surface area contributed by atoms with Crippen LogP contribution in [0.1, 0.15) is 26.2 Å². The van der Waals surface area contributed by atoms with E-state index in [0.29, 0.717) is 22.3 Å². The largest absolute Gasteiger partial charge is 0.479 e. The van der Waals surface area contributed by atoms with Gasteiger partial charge >= 0.3 is 0 Å². The van der Waals surface area contributed by atoms with Crippen LogP contribution < -0.4 is 10.5 Å². The maximum Gasteiger partial charge on any atom is 0.263 e. The van der Waals surface area contributed by atoms with Gasteiger partial charge in [-0.05, 0) is 38.3 Å². The summed E-state index contributed by atoms with van der Waals surface area (Å²) in [6.07, 6.45) is 2.45. The average Bonchev–Trinajstić information content (AvgIpc) is 2.51. The van der Waals surface area contributed by atoms with Gasteiger partial charge in [0.2, 0.25) is 0 Å². The van der Waals surface area contributed by atoms with Gasteiger partial charge in [-0.15, -0.1) is 0 Å². The number of piperidine rings is 1. The van der Waals surface area contributed by atoms with E-state index in [1.807, 2.05) is 4.90 Å². The van der Waals surface area contributed by atoms with Gasteiger partial charge in [0, 0.05) is 19.1 Å². The number of carbonyl (C=O) groups excluding carboxylic acids is 1. The fraction of sp³-hybridized carbons (Fsp3) is 0.533. The smallest absolute Gasteiger partial charge is 0.263 e. The Morgan fingerprint density at radius 3 is 2.95 bits per heavy atom. The maximum absolute atomic E-state index is 12.5. The summed E-state index contributed by atoms with van der Waals surface area (Å²) in [6.45, 7) is 2.94. The van der Waals surface area contributed by atoms with Crippen molar-refractivity contribution < 1.29 is 9.53 Å². The minimum Gasteiger partial charge on any atom is -0.479 e. The highest BCUT2D eigenvalue weighted by atomic mass is 35.5. The summed E-state index contributed by atoms with van der Waals surface area (Å²) in [4.78, 5) is 14.4. The zero-order chi connectivity index (χ0) is 15.4. The molecular weight excluding hydrogens is 311 g/mol. The highest BCUT2D eigenvalue weighted by Gasteiger charge is 2.30. The van der Waals surface area contributed by atoms with Crippen molar-refractivity contribution in [2.45, 2.75) is 38.3 Å². The summed E-state index contributed by atoms with van der Waals surface area (Å²) in [5, 5.41) is 0.736. The van der Waals surface area contributed by atoms with E-state index in [1.165, 1.54) is 0 Å². The van der Waals surface area contributed by atoms with Crippen molar-refractivity contribution in [3.8, 4) is 5.75 Å². The van der Waals surface area contributed by atoms with Crippen LogP contribution in [-0.4, -0.2) is 36.0 Å². The van der Waals surface area contributed by atoms with Gasteiger partial charge in [0.05, 0.1) is 5.02 Å². The molecule has 0 aliphatic carbocycles. The molecule has 0 aromatic heterocycles. The number of hydrogen-bond donors (Lipinski definition) is 1. The van der Waals surface area contributed by atoms with Gasteiger partial charge in [0.25, 0.3) is 5.91 Å². The van der Waals surface area contributed by atoms with Gasteiger partial charge in [0.15, 0.2) is 6.10 Å². The molecule has 0 radical (unpaired) electrons. The van der Waals surface area contributed by atoms with Crippen LogP contribution in [0.25, 0.3) is 0 Å². The normalized spacial score (nSPS) is 20.2. The highest BCUT2D eigenvalue weighted by molar-refractivity contribution is 6.42. The lowest BCUT2D eigenvalue weighted by atomic mass is 10.0. The minimum atomic E-state index is -0.617. The molecule has 1 heterocycles. The molecule has 2 rings (SSSR count). The summed E-state index contributed by atoms with van der Waals surface area (Å²) in [5.74, 6) is 0.368. The molecule has 2 N–H and O–H groups in total. The number of ether oxygens (including phenoxy) is 1. The van der Waals surface area contributed by atoms with Crippen molar-refractivity contribution in [2.24, 2.45) is 5.73 Å². The van der Waals surface area contributed by atoms with Gasteiger partial charge in [-0.3, -0.25) is 4.79 Å². The van der Waals surface area contributed by atoms with Crippen LogP contribution in [0.4, 0.5) is 0 Å². The molecule has 116 valence electrons. The van der Waals surface area contributed by atoms with Crippen LogP contribution >= 0.6 is 23.2 Å². The van der Waals surface area contributed by atoms with E-state index in [1.54, 1.807) is 25.1 Å². The first-order valence-corrected chi connectivity index (χ1v) is 7.91. The first kappa shape index (κ1) is 16.4. The van der Waals surface area contributed by atoms with E-state index < -0.39 is 6.10 Å². The van der Waals surface area contributed by atoms with Crippen molar-refractivity contribution in [1.29, 1.82) is 0 Å². The Balaban J connectivity index is 2.06. The lowest BCUT2D eigenvalue weighted by Crippen LogP contribution is -2.51. The van der Waals surface area contributed by atoms with Gasteiger partial charge < -0.3 is 15.4 Å². The zero-order valence-corrected chi connectivity index (χ0v) is 13.5. The third kappa shape index (κ3) is 3.82. The Labute approximate surface area is 135 Å². The number of amides is 1. The SMILES string of the molecule is CC(Oc1cccc(Cl)c1Cl)C(=O)N1CCCCC1CN. The van der Waals surface area contributed by atoms with Crippen molar-refractivity contribution in [2.75, 3.05) is 13.1 Å². The predicted molar refractivity (Wildman–Crippen MR) is 85.0 cm³/mol. The van der Waals surface area contributed by atoms with Crippen molar-refractivity contribution in [3.05, 3.63) is 28.2 Å². The van der Waals surface area contributed by atoms with Crippen LogP contribution in [0.3, 0.4) is 0 Å². The van der Waals surface area contributed by atoms with E-state index in [2.05, 4.69) is 0 Å². The third-order valence-corrected chi connectivity index (χ3v) is 4.55. The van der Waals surface area contributed by atoms with Crippen LogP contribution in [0.5, 0.6) is 5.75 Å². The Kier molecular flexibility index (Phi) is 5.73. The topological polar surface area (TPSA) is 55.6 Å². The molecule has 2 unspecified atom stereocenters. The number of hydrogen-bond acceptors (Lipinski definition) is 3. The molecule has 6 heteroatoms. The van der Waals surface area contributed by atoms with E-state index in [0.717, 1.165) is 25.8 Å². The lowest BCUT2D eigenvalue weighted by Gasteiger charge is -2.36. The molecule has 1 amide bonds. The second-order valence-corrected chi connectivity index (χ2v) is 6.01. The fourth-order valence-corrected chi connectivity index (χ4v) is 2.92. The van der Waals surface area contributed by atoms with Gasteiger partial charge in [0.1, 0.15) is 10.8 Å². The molecule has 1 aliphatic rings. The zero-order valence-electron chi connectivity index (χ0n) is 12.0. The Morgan fingerprint density at radius 2 is 2.24 bits per heavy atom. The molecule has 0 spiro atoms. The Morgan fingerprint density at radius 1 is 1.48 bits per heavy atom. The van der Waals surface area contributed by atoms with Gasteiger partial charge in [-0.1, -0.05) is 29.3 Å². The van der Waals surface area contributed by atoms with Crippen LogP contribution in [0.2, 0.25) is 10.0 Å². The van der Waals surface area contributed by atoms with Crippen LogP contribution in [0, 0.1) is 0 Å². The predicted octanol–water partition coefficient (Wildman–Crippen LogP) is 3.10. The summed E-state index contributed by atoms with van der Waals surface area (Å²) in [7, 11) is 0. The molecule has 1 aromatic rings. The fourth-order valence-electron chi connectivity index (χ4n) is 2.59. The molecule has 0 bridgehead atoms. The molecule has 2 atom stereocenters. The standard InChI is InChI=1S/C15H20Cl2N2O2/c1-10(21-13-7-4-6-12(16)14(13)17)15(20)19-8-3-2-5-11(19)9-18/h4,6-7,10-11H,2-3,5,8-9,18H2,1H3. The number of benzene rings is 1. The maximum atomic E-state index is 12.5. The van der Waals surface area contributed by atoms with Crippen molar-refractivity contribution >= 4 is 29.1 Å². The second kappa shape index (κ2) is 7.34. The summed E-state index contributed by atoms with van der Waals surface area (Å²) in [6, 6.07) is 5.23. The summed E-state index contributed by atoms with van der Waals surface area (Å²) >= 11 is 12.0. The minimum absolute atomic E-state index is 0.0545. The van der Waals surface area contributed by atoms with Crippen molar-refractivity contribution in [1.82, 2.24) is 4.90 Å². The van der Waals surface area contributed by atoms with E-state index in [4.69, 9.17) is 33.7 Å². The van der Waals surface area contributed by atoms with E-state index >= 15 is 0 Å².